The molecule has 0 aromatic heterocycles. The highest BCUT2D eigenvalue weighted by Gasteiger charge is 2.41. The molecule has 0 amide bonds. The summed E-state index contributed by atoms with van der Waals surface area (Å²) in [5.41, 5.74) is 6.71. The van der Waals surface area contributed by atoms with Gasteiger partial charge in [-0.25, -0.2) is 0 Å². The van der Waals surface area contributed by atoms with E-state index in [1.54, 1.807) is 7.11 Å². The van der Waals surface area contributed by atoms with Crippen LogP contribution >= 0.6 is 0 Å². The molecule has 1 rings (SSSR count). The predicted molar refractivity (Wildman–Crippen MR) is 73.1 cm³/mol. The molecule has 1 aliphatic rings. The van der Waals surface area contributed by atoms with Gasteiger partial charge in [0.2, 0.25) is 0 Å². The molecule has 0 aliphatic heterocycles. The van der Waals surface area contributed by atoms with Crippen LogP contribution in [-0.4, -0.2) is 43.8 Å². The minimum Gasteiger partial charge on any atom is -0.383 e. The van der Waals surface area contributed by atoms with Crippen LogP contribution in [-0.2, 0) is 4.74 Å². The van der Waals surface area contributed by atoms with Gasteiger partial charge in [0, 0.05) is 32.3 Å². The van der Waals surface area contributed by atoms with Crippen LogP contribution in [0.1, 0.15) is 40.5 Å². The molecule has 0 heterocycles. The van der Waals surface area contributed by atoms with Crippen molar-refractivity contribution in [2.24, 2.45) is 17.1 Å². The summed E-state index contributed by atoms with van der Waals surface area (Å²) in [7, 11) is 1.77. The molecule has 1 saturated carbocycles. The van der Waals surface area contributed by atoms with E-state index < -0.39 is 0 Å². The van der Waals surface area contributed by atoms with Crippen LogP contribution in [0.5, 0.6) is 0 Å². The van der Waals surface area contributed by atoms with E-state index in [0.717, 1.165) is 19.7 Å². The fraction of sp³-hybridized carbons (Fsp3) is 1.00. The topological polar surface area (TPSA) is 38.5 Å². The molecule has 1 aliphatic carbocycles. The second-order valence-electron chi connectivity index (χ2n) is 6.50. The van der Waals surface area contributed by atoms with Crippen LogP contribution in [0.15, 0.2) is 0 Å². The van der Waals surface area contributed by atoms with Gasteiger partial charge in [0.15, 0.2) is 0 Å². The molecule has 0 aromatic carbocycles. The highest BCUT2D eigenvalue weighted by Crippen LogP contribution is 2.38. The molecule has 0 saturated heterocycles. The van der Waals surface area contributed by atoms with Crippen LogP contribution in [0.3, 0.4) is 0 Å². The first-order valence-electron chi connectivity index (χ1n) is 6.87. The summed E-state index contributed by atoms with van der Waals surface area (Å²) in [6.45, 7) is 12.1. The second kappa shape index (κ2) is 6.17. The van der Waals surface area contributed by atoms with Crippen molar-refractivity contribution in [3.63, 3.8) is 0 Å². The van der Waals surface area contributed by atoms with E-state index in [-0.39, 0.29) is 11.5 Å². The Bertz CT molecular complexity index is 228. The van der Waals surface area contributed by atoms with Gasteiger partial charge in [-0.2, -0.15) is 0 Å². The van der Waals surface area contributed by atoms with Gasteiger partial charge in [-0.15, -0.1) is 0 Å². The smallest absolute Gasteiger partial charge is 0.0589 e. The number of hydrogen-bond acceptors (Lipinski definition) is 3. The van der Waals surface area contributed by atoms with Gasteiger partial charge in [0.05, 0.1) is 6.61 Å². The molecule has 0 bridgehead atoms. The first kappa shape index (κ1) is 14.9. The zero-order valence-electron chi connectivity index (χ0n) is 12.2. The van der Waals surface area contributed by atoms with Crippen LogP contribution in [0, 0.1) is 11.3 Å². The second-order valence-corrected chi connectivity index (χ2v) is 6.50. The van der Waals surface area contributed by atoms with E-state index in [4.69, 9.17) is 10.5 Å². The highest BCUT2D eigenvalue weighted by atomic mass is 16.5. The van der Waals surface area contributed by atoms with E-state index in [1.807, 2.05) is 0 Å². The van der Waals surface area contributed by atoms with E-state index in [2.05, 4.69) is 32.6 Å². The van der Waals surface area contributed by atoms with Crippen LogP contribution in [0.4, 0.5) is 0 Å². The van der Waals surface area contributed by atoms with Crippen molar-refractivity contribution in [1.29, 1.82) is 0 Å². The largest absolute Gasteiger partial charge is 0.383 e. The highest BCUT2D eigenvalue weighted by molar-refractivity contribution is 4.99. The molecule has 0 radical (unpaired) electrons. The lowest BCUT2D eigenvalue weighted by atomic mass is 9.87. The molecule has 0 spiro atoms. The SMILES string of the molecule is COCCN(CC(C)C)C1CCC(C)(C)C1N. The molecular formula is C14H30N2O. The van der Waals surface area contributed by atoms with Gasteiger partial charge >= 0.3 is 0 Å². The first-order valence-corrected chi connectivity index (χ1v) is 6.87. The maximum absolute atomic E-state index is 6.42. The van der Waals surface area contributed by atoms with E-state index in [0.29, 0.717) is 12.0 Å². The number of nitrogens with zero attached hydrogens (tertiary/aromatic N) is 1. The molecule has 2 unspecified atom stereocenters. The summed E-state index contributed by atoms with van der Waals surface area (Å²) < 4.78 is 5.22. The summed E-state index contributed by atoms with van der Waals surface area (Å²) in [6, 6.07) is 0.820. The lowest BCUT2D eigenvalue weighted by Gasteiger charge is -2.35. The van der Waals surface area contributed by atoms with Gasteiger partial charge in [-0.3, -0.25) is 4.90 Å². The fourth-order valence-electron chi connectivity index (χ4n) is 2.87. The number of rotatable bonds is 6. The quantitative estimate of drug-likeness (QED) is 0.775. The predicted octanol–water partition coefficient (Wildman–Crippen LogP) is 2.11. The lowest BCUT2D eigenvalue weighted by Crippen LogP contribution is -2.51. The molecule has 1 fully saturated rings. The van der Waals surface area contributed by atoms with Crippen LogP contribution in [0.2, 0.25) is 0 Å². The normalized spacial score (nSPS) is 28.2. The summed E-state index contributed by atoms with van der Waals surface area (Å²) in [5, 5.41) is 0. The van der Waals surface area contributed by atoms with E-state index in [9.17, 15) is 0 Å². The Labute approximate surface area is 107 Å². The summed E-state index contributed by atoms with van der Waals surface area (Å²) in [6.07, 6.45) is 2.46. The van der Waals surface area contributed by atoms with Crippen molar-refractivity contribution in [3.05, 3.63) is 0 Å². The average Bonchev–Trinajstić information content (AvgIpc) is 2.49. The Hall–Kier alpha value is -0.120. The minimum atomic E-state index is 0.285. The van der Waals surface area contributed by atoms with Gasteiger partial charge in [-0.1, -0.05) is 27.7 Å². The van der Waals surface area contributed by atoms with E-state index in [1.165, 1.54) is 12.8 Å². The monoisotopic (exact) mass is 242 g/mol. The van der Waals surface area contributed by atoms with Crippen molar-refractivity contribution in [3.8, 4) is 0 Å². The number of ether oxygens (including phenoxy) is 1. The average molecular weight is 242 g/mol. The van der Waals surface area contributed by atoms with Gasteiger partial charge in [0.25, 0.3) is 0 Å². The molecule has 17 heavy (non-hydrogen) atoms. The summed E-state index contributed by atoms with van der Waals surface area (Å²) in [5.74, 6) is 0.683. The van der Waals surface area contributed by atoms with Crippen molar-refractivity contribution in [1.82, 2.24) is 4.90 Å². The van der Waals surface area contributed by atoms with Crippen molar-refractivity contribution < 1.29 is 4.74 Å². The molecule has 3 heteroatoms. The summed E-state index contributed by atoms with van der Waals surface area (Å²) >= 11 is 0. The maximum atomic E-state index is 6.42. The molecule has 102 valence electrons. The Morgan fingerprint density at radius 3 is 2.47 bits per heavy atom. The standard InChI is InChI=1S/C14H30N2O/c1-11(2)10-16(8-9-17-5)12-6-7-14(3,4)13(12)15/h11-13H,6-10,15H2,1-5H3. The summed E-state index contributed by atoms with van der Waals surface area (Å²) in [4.78, 5) is 2.54. The molecule has 2 atom stereocenters. The molecule has 2 N–H and O–H groups in total. The van der Waals surface area contributed by atoms with Crippen LogP contribution in [0.25, 0.3) is 0 Å². The number of hydrogen-bond donors (Lipinski definition) is 1. The third-order valence-corrected chi connectivity index (χ3v) is 4.05. The van der Waals surface area contributed by atoms with E-state index >= 15 is 0 Å². The van der Waals surface area contributed by atoms with Crippen molar-refractivity contribution in [2.75, 3.05) is 26.8 Å². The van der Waals surface area contributed by atoms with Crippen molar-refractivity contribution >= 4 is 0 Å². The fourth-order valence-corrected chi connectivity index (χ4v) is 2.87. The molecular weight excluding hydrogens is 212 g/mol. The molecule has 0 aromatic rings. The van der Waals surface area contributed by atoms with Gasteiger partial charge < -0.3 is 10.5 Å². The Kier molecular flexibility index (Phi) is 5.42. The number of nitrogens with two attached hydrogens (primary N) is 1. The maximum Gasteiger partial charge on any atom is 0.0589 e. The Balaban J connectivity index is 2.63. The van der Waals surface area contributed by atoms with Gasteiger partial charge in [-0.05, 0) is 24.2 Å². The zero-order valence-corrected chi connectivity index (χ0v) is 12.2. The van der Waals surface area contributed by atoms with Gasteiger partial charge in [0.1, 0.15) is 0 Å². The van der Waals surface area contributed by atoms with Crippen molar-refractivity contribution in [2.45, 2.75) is 52.6 Å². The van der Waals surface area contributed by atoms with Crippen LogP contribution < -0.4 is 5.73 Å². The third kappa shape index (κ3) is 3.94. The Morgan fingerprint density at radius 1 is 1.41 bits per heavy atom. The lowest BCUT2D eigenvalue weighted by molar-refractivity contribution is 0.0980. The zero-order chi connectivity index (χ0) is 13.1. The first-order chi connectivity index (χ1) is 7.88. The third-order valence-electron chi connectivity index (χ3n) is 4.05. The Morgan fingerprint density at radius 2 is 2.06 bits per heavy atom. The minimum absolute atomic E-state index is 0.285. The molecule has 3 nitrogen and oxygen atoms in total. The number of methoxy groups -OCH3 is 1.